The van der Waals surface area contributed by atoms with Gasteiger partial charge in [0.2, 0.25) is 11.8 Å². The first kappa shape index (κ1) is 38.3. The maximum atomic E-state index is 11.9. The molecule has 2 rings (SSSR count). The molecule has 0 aliphatic carbocycles. The van der Waals surface area contributed by atoms with Gasteiger partial charge in [0.25, 0.3) is 0 Å². The number of amides is 2. The Bertz CT molecular complexity index is 861. The summed E-state index contributed by atoms with van der Waals surface area (Å²) in [6.45, 7) is 2.95. The molecule has 2 aromatic rings. The molecule has 8 nitrogen and oxygen atoms in total. The fourth-order valence-electron chi connectivity index (χ4n) is 2.88. The summed E-state index contributed by atoms with van der Waals surface area (Å²) in [4.78, 5) is 34.4. The standard InChI is InChI=1S/C14H19NO3.C11H16N2O2.CH4.I3/c1-11(16)8-13(10-18-2)14(17)15-9-12-6-4-3-5-7-12;1-15-8-10(12)11(14)13-7-9-5-3-2-4-6-9;;1-3-2/h3-7,13H,8-10H2,1-2H3,(H,15,17);2-6,10H,7-8,12H2,1H3,(H,13,14);1H4;/q;;;-1/t13-;10-;;/m11../s1. The second-order valence-electron chi connectivity index (χ2n) is 7.58. The number of hydrogen-bond acceptors (Lipinski definition) is 6. The van der Waals surface area contributed by atoms with Crippen LogP contribution < -0.4 is 29.6 Å². The molecule has 0 aromatic heterocycles. The van der Waals surface area contributed by atoms with Crippen molar-refractivity contribution in [3.8, 4) is 0 Å². The monoisotopic (exact) mass is 854 g/mol. The molecule has 0 heterocycles. The molecular formula is C26H39I3N3O5-. The number of halogens is 3. The van der Waals surface area contributed by atoms with Gasteiger partial charge in [-0.05, 0) is 18.1 Å². The van der Waals surface area contributed by atoms with Crippen LogP contribution in [0.25, 0.3) is 0 Å². The first-order valence-corrected chi connectivity index (χ1v) is 23.6. The third kappa shape index (κ3) is 20.7. The van der Waals surface area contributed by atoms with E-state index in [1.807, 2.05) is 60.7 Å². The summed E-state index contributed by atoms with van der Waals surface area (Å²) >= 11 is 5.30. The molecule has 11 heteroatoms. The van der Waals surface area contributed by atoms with E-state index in [9.17, 15) is 14.4 Å². The molecule has 37 heavy (non-hydrogen) atoms. The zero-order chi connectivity index (χ0) is 27.2. The molecule has 0 bridgehead atoms. The minimum absolute atomic E-state index is 0. The number of nitrogens with two attached hydrogens (primary N) is 1. The Kier molecular flexibility index (Phi) is 26.3. The first-order chi connectivity index (χ1) is 17.3. The third-order valence-electron chi connectivity index (χ3n) is 4.57. The van der Waals surface area contributed by atoms with Crippen molar-refractivity contribution in [2.45, 2.75) is 39.9 Å². The van der Waals surface area contributed by atoms with Crippen molar-refractivity contribution in [3.63, 3.8) is 0 Å². The van der Waals surface area contributed by atoms with Crippen molar-refractivity contribution in [3.05, 3.63) is 71.8 Å². The van der Waals surface area contributed by atoms with Crippen molar-refractivity contribution in [2.75, 3.05) is 27.4 Å². The number of hydrogen-bond donors (Lipinski definition) is 3. The van der Waals surface area contributed by atoms with E-state index in [1.54, 1.807) is 0 Å². The van der Waals surface area contributed by atoms with Gasteiger partial charge >= 0.3 is 50.5 Å². The Labute approximate surface area is 251 Å². The number of Topliss-reactive ketones (excluding diaryl/α,β-unsaturated/α-hetero) is 1. The molecule has 0 saturated heterocycles. The van der Waals surface area contributed by atoms with Crippen LogP contribution in [0, 0.1) is 5.92 Å². The zero-order valence-electron chi connectivity index (χ0n) is 20.7. The summed E-state index contributed by atoms with van der Waals surface area (Å²) in [5.74, 6) is -0.750. The number of carbonyl (C=O) groups is 3. The zero-order valence-corrected chi connectivity index (χ0v) is 27.2. The maximum absolute atomic E-state index is 11.9. The van der Waals surface area contributed by atoms with Crippen molar-refractivity contribution in [1.82, 2.24) is 10.6 Å². The Morgan fingerprint density at radius 2 is 1.24 bits per heavy atom. The normalized spacial score (nSPS) is 11.3. The van der Waals surface area contributed by atoms with Crippen LogP contribution in [0.5, 0.6) is 0 Å². The fourth-order valence-corrected chi connectivity index (χ4v) is 2.88. The van der Waals surface area contributed by atoms with Crippen molar-refractivity contribution >= 4 is 54.8 Å². The predicted octanol–water partition coefficient (Wildman–Crippen LogP) is 1.23. The molecule has 2 amide bonds. The molecule has 210 valence electrons. The first-order valence-electron chi connectivity index (χ1n) is 11.0. The van der Waals surface area contributed by atoms with Crippen LogP contribution in [0.15, 0.2) is 60.7 Å². The van der Waals surface area contributed by atoms with Gasteiger partial charge < -0.3 is 30.6 Å². The van der Waals surface area contributed by atoms with E-state index < -0.39 is 12.0 Å². The fraction of sp³-hybridized carbons (Fsp3) is 0.423. The van der Waals surface area contributed by atoms with Gasteiger partial charge in [0.1, 0.15) is 11.8 Å². The predicted molar refractivity (Wildman–Crippen MR) is 162 cm³/mol. The molecule has 0 unspecified atom stereocenters. The van der Waals surface area contributed by atoms with Gasteiger partial charge in [0, 0.05) is 33.7 Å². The molecular weight excluding hydrogens is 815 g/mol. The number of carbonyl (C=O) groups excluding carboxylic acids is 3. The molecule has 0 aliphatic heterocycles. The average Bonchev–Trinajstić information content (AvgIpc) is 2.87. The Balaban J connectivity index is 0. The van der Waals surface area contributed by atoms with Gasteiger partial charge in [-0.15, -0.1) is 0 Å². The van der Waals surface area contributed by atoms with Crippen molar-refractivity contribution in [2.24, 2.45) is 11.7 Å². The Hall–Kier alpha value is -0.880. The number of ether oxygens (including phenoxy) is 2. The van der Waals surface area contributed by atoms with E-state index in [-0.39, 0.29) is 44.7 Å². The summed E-state index contributed by atoms with van der Waals surface area (Å²) in [5, 5.41) is 5.56. The second-order valence-corrected chi connectivity index (χ2v) is 23.8. The van der Waals surface area contributed by atoms with Crippen LogP contribution in [-0.2, 0) is 36.9 Å². The van der Waals surface area contributed by atoms with Gasteiger partial charge in [-0.25, -0.2) is 0 Å². The summed E-state index contributed by atoms with van der Waals surface area (Å²) < 4.78 is 9.76. The summed E-state index contributed by atoms with van der Waals surface area (Å²) in [6, 6.07) is 18.7. The topological polar surface area (TPSA) is 120 Å². The van der Waals surface area contributed by atoms with Crippen LogP contribution in [0.3, 0.4) is 0 Å². The summed E-state index contributed by atoms with van der Waals surface area (Å²) in [6.07, 6.45) is 0.217. The Morgan fingerprint density at radius 1 is 0.838 bits per heavy atom. The molecule has 0 aliphatic rings. The average molecular weight is 854 g/mol. The van der Waals surface area contributed by atoms with Crippen molar-refractivity contribution < 1.29 is 37.1 Å². The van der Waals surface area contributed by atoms with Gasteiger partial charge in [-0.1, -0.05) is 68.1 Å². The van der Waals surface area contributed by atoms with E-state index >= 15 is 0 Å². The van der Waals surface area contributed by atoms with Gasteiger partial charge in [0.05, 0.1) is 19.1 Å². The number of benzene rings is 2. The van der Waals surface area contributed by atoms with E-state index in [0.717, 1.165) is 11.1 Å². The van der Waals surface area contributed by atoms with E-state index in [0.29, 0.717) is 26.3 Å². The molecule has 0 fully saturated rings. The van der Waals surface area contributed by atoms with Crippen LogP contribution in [0.1, 0.15) is 31.9 Å². The Morgan fingerprint density at radius 3 is 1.62 bits per heavy atom. The molecule has 0 saturated carbocycles. The van der Waals surface area contributed by atoms with Crippen LogP contribution in [0.2, 0.25) is 0 Å². The quantitative estimate of drug-likeness (QED) is 0.277. The van der Waals surface area contributed by atoms with Gasteiger partial charge in [-0.2, -0.15) is 0 Å². The van der Waals surface area contributed by atoms with Crippen LogP contribution in [-0.4, -0.2) is 51.1 Å². The van der Waals surface area contributed by atoms with Gasteiger partial charge in [0.15, 0.2) is 0 Å². The minimum atomic E-state index is -0.598. The van der Waals surface area contributed by atoms with E-state index in [2.05, 4.69) is 47.9 Å². The SMILES string of the molecule is C.COC[C@@H](CC(C)=O)C(=O)NCc1ccccc1.COC[C@@H](N)C(=O)NCc1ccccc1.I[I-]I. The number of ketones is 1. The van der Waals surface area contributed by atoms with E-state index in [1.165, 1.54) is 21.1 Å². The second kappa shape index (κ2) is 25.4. The van der Waals surface area contributed by atoms with Crippen LogP contribution in [0.4, 0.5) is 0 Å². The summed E-state index contributed by atoms with van der Waals surface area (Å²) in [7, 11) is 3.04. The molecule has 2 atom stereocenters. The molecule has 0 radical (unpaired) electrons. The third-order valence-corrected chi connectivity index (χ3v) is 4.57. The van der Waals surface area contributed by atoms with Crippen LogP contribution >= 0.6 is 37.2 Å². The van der Waals surface area contributed by atoms with Gasteiger partial charge in [-0.3, -0.25) is 9.59 Å². The summed E-state index contributed by atoms with van der Waals surface area (Å²) in [5.41, 5.74) is 7.64. The van der Waals surface area contributed by atoms with E-state index in [4.69, 9.17) is 15.2 Å². The molecule has 4 N–H and O–H groups in total. The van der Waals surface area contributed by atoms with Crippen molar-refractivity contribution in [1.29, 1.82) is 0 Å². The molecule has 2 aromatic carbocycles. The number of nitrogens with one attached hydrogen (secondary N) is 2. The number of rotatable bonds is 12. The molecule has 0 spiro atoms. The number of methoxy groups -OCH3 is 2.